The zero-order chi connectivity index (χ0) is 13.8. The van der Waals surface area contributed by atoms with Crippen LogP contribution in [0.4, 0.5) is 6.01 Å². The third-order valence-corrected chi connectivity index (χ3v) is 3.97. The number of anilines is 1. The van der Waals surface area contributed by atoms with Gasteiger partial charge >= 0.3 is 12.0 Å². The molecule has 1 aromatic heterocycles. The second-order valence-electron chi connectivity index (χ2n) is 5.82. The Hall–Kier alpha value is -1.92. The lowest BCUT2D eigenvalue weighted by molar-refractivity contribution is -0.140. The largest absolute Gasteiger partial charge is 0.481 e. The van der Waals surface area contributed by atoms with Gasteiger partial charge in [0.15, 0.2) is 0 Å². The van der Waals surface area contributed by atoms with E-state index in [2.05, 4.69) is 15.5 Å². The topological polar surface area (TPSA) is 105 Å². The summed E-state index contributed by atoms with van der Waals surface area (Å²) in [7, 11) is 0. The molecule has 0 bridgehead atoms. The van der Waals surface area contributed by atoms with Gasteiger partial charge < -0.3 is 9.52 Å². The van der Waals surface area contributed by atoms with Gasteiger partial charge in [0, 0.05) is 5.92 Å². The summed E-state index contributed by atoms with van der Waals surface area (Å²) >= 11 is 0. The smallest absolute Gasteiger partial charge is 0.322 e. The van der Waals surface area contributed by atoms with Crippen molar-refractivity contribution in [3.8, 4) is 0 Å². The highest BCUT2D eigenvalue weighted by atomic mass is 16.4. The van der Waals surface area contributed by atoms with Crippen molar-refractivity contribution in [1.29, 1.82) is 0 Å². The average molecular weight is 265 g/mol. The van der Waals surface area contributed by atoms with Crippen LogP contribution in [0.3, 0.4) is 0 Å². The van der Waals surface area contributed by atoms with E-state index < -0.39 is 23.2 Å². The molecule has 2 aliphatic carbocycles. The number of hydrogen-bond acceptors (Lipinski definition) is 5. The van der Waals surface area contributed by atoms with Crippen LogP contribution in [0.5, 0.6) is 0 Å². The third kappa shape index (κ3) is 1.98. The number of rotatable bonds is 4. The molecular formula is C12H15N3O4. The average Bonchev–Trinajstić information content (AvgIpc) is 3.18. The lowest BCUT2D eigenvalue weighted by Gasteiger charge is -2.01. The second-order valence-corrected chi connectivity index (χ2v) is 5.82. The SMILES string of the molecule is CC1(C)[C@H](C(=O)O)[C@@H]1C(=O)Nc1nnc(C2CC2)o1. The van der Waals surface area contributed by atoms with Gasteiger partial charge in [-0.3, -0.25) is 14.9 Å². The molecular weight excluding hydrogens is 250 g/mol. The first kappa shape index (κ1) is 12.1. The quantitative estimate of drug-likeness (QED) is 0.848. The molecule has 1 aromatic rings. The van der Waals surface area contributed by atoms with Gasteiger partial charge in [-0.25, -0.2) is 0 Å². The summed E-state index contributed by atoms with van der Waals surface area (Å²) in [5.41, 5.74) is -0.532. The van der Waals surface area contributed by atoms with Gasteiger partial charge in [-0.05, 0) is 18.3 Å². The van der Waals surface area contributed by atoms with Crippen LogP contribution in [-0.2, 0) is 9.59 Å². The maximum Gasteiger partial charge on any atom is 0.322 e. The molecule has 2 fully saturated rings. The lowest BCUT2D eigenvalue weighted by Crippen LogP contribution is -2.17. The summed E-state index contributed by atoms with van der Waals surface area (Å²) in [6.07, 6.45) is 2.07. The maximum absolute atomic E-state index is 12.0. The Morgan fingerprint density at radius 1 is 1.32 bits per heavy atom. The highest BCUT2D eigenvalue weighted by Crippen LogP contribution is 2.58. The summed E-state index contributed by atoms with van der Waals surface area (Å²) in [6.45, 7) is 3.53. The number of carbonyl (C=O) groups is 2. The highest BCUT2D eigenvalue weighted by molar-refractivity contribution is 5.98. The maximum atomic E-state index is 12.0. The molecule has 2 atom stereocenters. The fourth-order valence-electron chi connectivity index (χ4n) is 2.55. The van der Waals surface area contributed by atoms with E-state index in [1.54, 1.807) is 13.8 Å². The van der Waals surface area contributed by atoms with Crippen LogP contribution < -0.4 is 5.32 Å². The first-order chi connectivity index (χ1) is 8.91. The van der Waals surface area contributed by atoms with Crippen molar-refractivity contribution in [3.63, 3.8) is 0 Å². The van der Waals surface area contributed by atoms with E-state index in [0.717, 1.165) is 12.8 Å². The number of nitrogens with zero attached hydrogens (tertiary/aromatic N) is 2. The number of aromatic nitrogens is 2. The molecule has 2 saturated carbocycles. The van der Waals surface area contributed by atoms with Crippen molar-refractivity contribution in [1.82, 2.24) is 10.2 Å². The molecule has 2 N–H and O–H groups in total. The molecule has 0 unspecified atom stereocenters. The van der Waals surface area contributed by atoms with Crippen LogP contribution in [0.15, 0.2) is 4.42 Å². The Morgan fingerprint density at radius 3 is 2.53 bits per heavy atom. The van der Waals surface area contributed by atoms with Gasteiger partial charge in [0.1, 0.15) is 0 Å². The van der Waals surface area contributed by atoms with E-state index in [0.29, 0.717) is 11.8 Å². The first-order valence-corrected chi connectivity index (χ1v) is 6.28. The van der Waals surface area contributed by atoms with Crippen molar-refractivity contribution in [3.05, 3.63) is 5.89 Å². The van der Waals surface area contributed by atoms with Gasteiger partial charge in [0.25, 0.3) is 0 Å². The van der Waals surface area contributed by atoms with Crippen LogP contribution in [0.25, 0.3) is 0 Å². The summed E-state index contributed by atoms with van der Waals surface area (Å²) in [5, 5.41) is 19.1. The predicted molar refractivity (Wildman–Crippen MR) is 63.3 cm³/mol. The number of hydrogen-bond donors (Lipinski definition) is 2. The molecule has 0 aliphatic heterocycles. The summed E-state index contributed by atoms with van der Waals surface area (Å²) < 4.78 is 5.32. The third-order valence-electron chi connectivity index (χ3n) is 3.97. The summed E-state index contributed by atoms with van der Waals surface area (Å²) in [5.74, 6) is -1.67. The van der Waals surface area contributed by atoms with Crippen LogP contribution in [0.1, 0.15) is 38.5 Å². The molecule has 2 aliphatic rings. The Bertz CT molecular complexity index is 547. The number of nitrogens with one attached hydrogen (secondary N) is 1. The van der Waals surface area contributed by atoms with E-state index in [4.69, 9.17) is 9.52 Å². The molecule has 19 heavy (non-hydrogen) atoms. The molecule has 102 valence electrons. The minimum absolute atomic E-state index is 0.0544. The van der Waals surface area contributed by atoms with Crippen molar-refractivity contribution >= 4 is 17.9 Å². The number of carbonyl (C=O) groups excluding carboxylic acids is 1. The van der Waals surface area contributed by atoms with Crippen LogP contribution >= 0.6 is 0 Å². The van der Waals surface area contributed by atoms with Crippen molar-refractivity contribution in [2.45, 2.75) is 32.6 Å². The molecule has 7 heteroatoms. The fourth-order valence-corrected chi connectivity index (χ4v) is 2.55. The Morgan fingerprint density at radius 2 is 2.00 bits per heavy atom. The monoisotopic (exact) mass is 265 g/mol. The van der Waals surface area contributed by atoms with Gasteiger partial charge in [-0.1, -0.05) is 18.9 Å². The molecule has 0 aromatic carbocycles. The second kappa shape index (κ2) is 3.79. The van der Waals surface area contributed by atoms with Crippen LogP contribution in [-0.4, -0.2) is 27.2 Å². The summed E-state index contributed by atoms with van der Waals surface area (Å²) in [6, 6.07) is 0.0544. The zero-order valence-electron chi connectivity index (χ0n) is 10.7. The Balaban J connectivity index is 1.66. The number of amides is 1. The van der Waals surface area contributed by atoms with Gasteiger partial charge in [0.2, 0.25) is 11.8 Å². The van der Waals surface area contributed by atoms with Crippen molar-refractivity contribution in [2.24, 2.45) is 17.3 Å². The van der Waals surface area contributed by atoms with Crippen LogP contribution in [0.2, 0.25) is 0 Å². The number of carboxylic acid groups (broad SMARTS) is 1. The Labute approximate surface area is 109 Å². The number of aliphatic carboxylic acids is 1. The van der Waals surface area contributed by atoms with Crippen LogP contribution in [0, 0.1) is 17.3 Å². The van der Waals surface area contributed by atoms with E-state index in [9.17, 15) is 9.59 Å². The molecule has 0 radical (unpaired) electrons. The highest BCUT2D eigenvalue weighted by Gasteiger charge is 2.66. The van der Waals surface area contributed by atoms with E-state index >= 15 is 0 Å². The van der Waals surface area contributed by atoms with E-state index in [1.165, 1.54) is 0 Å². The van der Waals surface area contributed by atoms with E-state index in [1.807, 2.05) is 0 Å². The number of carboxylic acids is 1. The minimum Gasteiger partial charge on any atom is -0.481 e. The first-order valence-electron chi connectivity index (χ1n) is 6.28. The van der Waals surface area contributed by atoms with Gasteiger partial charge in [-0.2, -0.15) is 0 Å². The molecule has 1 amide bonds. The lowest BCUT2D eigenvalue weighted by atomic mass is 10.1. The normalized spacial score (nSPS) is 27.9. The molecule has 0 spiro atoms. The zero-order valence-corrected chi connectivity index (χ0v) is 10.7. The van der Waals surface area contributed by atoms with Gasteiger partial charge in [0.05, 0.1) is 11.8 Å². The molecule has 3 rings (SSSR count). The molecule has 1 heterocycles. The predicted octanol–water partition coefficient (Wildman–Crippen LogP) is 1.24. The van der Waals surface area contributed by atoms with Gasteiger partial charge in [-0.15, -0.1) is 5.10 Å². The van der Waals surface area contributed by atoms with E-state index in [-0.39, 0.29) is 11.9 Å². The molecule has 0 saturated heterocycles. The minimum atomic E-state index is -0.950. The Kier molecular flexibility index (Phi) is 2.42. The standard InChI is InChI=1S/C12H15N3O4/c1-12(2)6(7(12)10(17)18)8(16)13-11-15-14-9(19-11)5-3-4-5/h5-7H,3-4H2,1-2H3,(H,17,18)(H,13,15,16)/t6-,7+/m1/s1. The molecule has 7 nitrogen and oxygen atoms in total. The fraction of sp³-hybridized carbons (Fsp3) is 0.667. The van der Waals surface area contributed by atoms with Crippen molar-refractivity contribution < 1.29 is 19.1 Å². The summed E-state index contributed by atoms with van der Waals surface area (Å²) in [4.78, 5) is 23.0. The van der Waals surface area contributed by atoms with Crippen molar-refractivity contribution in [2.75, 3.05) is 5.32 Å².